The van der Waals surface area contributed by atoms with Crippen LogP contribution in [0.2, 0.25) is 0 Å². The van der Waals surface area contributed by atoms with Crippen LogP contribution in [0.3, 0.4) is 0 Å². The van der Waals surface area contributed by atoms with Crippen molar-refractivity contribution in [1.82, 2.24) is 10.3 Å². The average molecular weight is 419 g/mol. The summed E-state index contributed by atoms with van der Waals surface area (Å²) in [5, 5.41) is 16.2. The number of non-ortho nitro benzene ring substituents is 1. The Balaban J connectivity index is 1.50. The summed E-state index contributed by atoms with van der Waals surface area (Å²) in [6.07, 6.45) is 3.24. The first-order valence-corrected chi connectivity index (χ1v) is 9.49. The van der Waals surface area contributed by atoms with Crippen molar-refractivity contribution in [3.05, 3.63) is 99.9 Å². The van der Waals surface area contributed by atoms with Gasteiger partial charge in [0, 0.05) is 54.8 Å². The van der Waals surface area contributed by atoms with Gasteiger partial charge >= 0.3 is 0 Å². The number of aromatic nitrogens is 1. The highest BCUT2D eigenvalue weighted by Crippen LogP contribution is 2.17. The number of benzene rings is 2. The summed E-state index contributed by atoms with van der Waals surface area (Å²) in [4.78, 5) is 38.6. The number of hydrogen-bond acceptors (Lipinski definition) is 6. The first kappa shape index (κ1) is 21.6. The molecule has 2 amide bonds. The molecule has 3 aromatic rings. The maximum atomic E-state index is 12.3. The van der Waals surface area contributed by atoms with Gasteiger partial charge in [-0.15, -0.1) is 0 Å². The molecule has 2 aromatic carbocycles. The Hall–Kier alpha value is -4.11. The van der Waals surface area contributed by atoms with Gasteiger partial charge in [-0.25, -0.2) is 0 Å². The van der Waals surface area contributed by atoms with Crippen LogP contribution in [-0.4, -0.2) is 21.7 Å². The SMILES string of the molecule is NC(CC(=O)NCc1ccc([N+](=O)[O-])cc1)c1ccc(C(=O)Nc2ccncc2)cc1. The lowest BCUT2D eigenvalue weighted by molar-refractivity contribution is -0.384. The van der Waals surface area contributed by atoms with E-state index in [-0.39, 0.29) is 30.5 Å². The number of nitrogens with zero attached hydrogens (tertiary/aromatic N) is 2. The molecule has 4 N–H and O–H groups in total. The second kappa shape index (κ2) is 10.1. The van der Waals surface area contributed by atoms with Gasteiger partial charge in [-0.05, 0) is 35.4 Å². The predicted octanol–water partition coefficient (Wildman–Crippen LogP) is 2.95. The van der Waals surface area contributed by atoms with Crippen molar-refractivity contribution in [2.24, 2.45) is 5.73 Å². The van der Waals surface area contributed by atoms with Crippen LogP contribution in [0.1, 0.15) is 33.9 Å². The van der Waals surface area contributed by atoms with Crippen LogP contribution in [-0.2, 0) is 11.3 Å². The summed E-state index contributed by atoms with van der Waals surface area (Å²) in [5.41, 5.74) is 8.71. The van der Waals surface area contributed by atoms with Crippen LogP contribution in [0.25, 0.3) is 0 Å². The van der Waals surface area contributed by atoms with E-state index >= 15 is 0 Å². The molecule has 3 rings (SSSR count). The number of pyridine rings is 1. The molecule has 0 saturated carbocycles. The largest absolute Gasteiger partial charge is 0.352 e. The summed E-state index contributed by atoms with van der Waals surface area (Å²) >= 11 is 0. The van der Waals surface area contributed by atoms with Crippen LogP contribution < -0.4 is 16.4 Å². The highest BCUT2D eigenvalue weighted by molar-refractivity contribution is 6.04. The molecule has 1 aromatic heterocycles. The number of anilines is 1. The fraction of sp³-hybridized carbons (Fsp3) is 0.136. The zero-order valence-corrected chi connectivity index (χ0v) is 16.5. The Morgan fingerprint density at radius 2 is 1.65 bits per heavy atom. The number of carbonyl (C=O) groups excluding carboxylic acids is 2. The second-order valence-corrected chi connectivity index (χ2v) is 6.82. The molecular weight excluding hydrogens is 398 g/mol. The van der Waals surface area contributed by atoms with E-state index < -0.39 is 11.0 Å². The monoisotopic (exact) mass is 419 g/mol. The lowest BCUT2D eigenvalue weighted by Gasteiger charge is -2.13. The summed E-state index contributed by atoms with van der Waals surface area (Å²) in [6.45, 7) is 0.248. The summed E-state index contributed by atoms with van der Waals surface area (Å²) in [5.74, 6) is -0.502. The predicted molar refractivity (Wildman–Crippen MR) is 115 cm³/mol. The van der Waals surface area contributed by atoms with Gasteiger partial charge in [0.25, 0.3) is 11.6 Å². The van der Waals surface area contributed by atoms with E-state index in [0.717, 1.165) is 11.1 Å². The van der Waals surface area contributed by atoms with E-state index in [0.29, 0.717) is 11.3 Å². The number of nitrogens with one attached hydrogen (secondary N) is 2. The highest BCUT2D eigenvalue weighted by atomic mass is 16.6. The van der Waals surface area contributed by atoms with E-state index in [1.54, 1.807) is 60.9 Å². The highest BCUT2D eigenvalue weighted by Gasteiger charge is 2.13. The fourth-order valence-electron chi connectivity index (χ4n) is 2.85. The number of nitrogens with two attached hydrogens (primary N) is 1. The third kappa shape index (κ3) is 6.18. The summed E-state index contributed by atoms with van der Waals surface area (Å²) in [6, 6.07) is 15.6. The van der Waals surface area contributed by atoms with Crippen molar-refractivity contribution < 1.29 is 14.5 Å². The average Bonchev–Trinajstić information content (AvgIpc) is 2.78. The number of nitro groups is 1. The van der Waals surface area contributed by atoms with Crippen LogP contribution in [0.15, 0.2) is 73.1 Å². The lowest BCUT2D eigenvalue weighted by atomic mass is 10.0. The minimum atomic E-state index is -0.533. The Morgan fingerprint density at radius 3 is 2.26 bits per heavy atom. The first-order valence-electron chi connectivity index (χ1n) is 9.49. The zero-order chi connectivity index (χ0) is 22.2. The molecule has 1 atom stereocenters. The minimum absolute atomic E-state index is 0.00463. The smallest absolute Gasteiger partial charge is 0.269 e. The molecule has 0 bridgehead atoms. The number of amides is 2. The number of rotatable bonds is 8. The van der Waals surface area contributed by atoms with Crippen molar-refractivity contribution in [2.45, 2.75) is 19.0 Å². The molecule has 0 aliphatic rings. The van der Waals surface area contributed by atoms with Gasteiger partial charge in [-0.3, -0.25) is 24.7 Å². The van der Waals surface area contributed by atoms with Crippen LogP contribution >= 0.6 is 0 Å². The molecule has 0 saturated heterocycles. The van der Waals surface area contributed by atoms with E-state index in [2.05, 4.69) is 15.6 Å². The van der Waals surface area contributed by atoms with Crippen molar-refractivity contribution in [3.8, 4) is 0 Å². The Morgan fingerprint density at radius 1 is 1.00 bits per heavy atom. The number of nitro benzene ring substituents is 1. The zero-order valence-electron chi connectivity index (χ0n) is 16.5. The number of carbonyl (C=O) groups is 2. The van der Waals surface area contributed by atoms with Crippen molar-refractivity contribution in [2.75, 3.05) is 5.32 Å². The molecule has 0 radical (unpaired) electrons. The van der Waals surface area contributed by atoms with E-state index in [1.807, 2.05) is 0 Å². The minimum Gasteiger partial charge on any atom is -0.352 e. The fourth-order valence-corrected chi connectivity index (χ4v) is 2.85. The van der Waals surface area contributed by atoms with Gasteiger partial charge in [0.15, 0.2) is 0 Å². The van der Waals surface area contributed by atoms with Crippen molar-refractivity contribution in [3.63, 3.8) is 0 Å². The second-order valence-electron chi connectivity index (χ2n) is 6.82. The van der Waals surface area contributed by atoms with Gasteiger partial charge in [0.2, 0.25) is 5.91 Å². The molecule has 0 spiro atoms. The lowest BCUT2D eigenvalue weighted by Crippen LogP contribution is -2.27. The molecule has 1 heterocycles. The molecular formula is C22H21N5O4. The first-order chi connectivity index (χ1) is 14.9. The van der Waals surface area contributed by atoms with E-state index in [1.165, 1.54) is 12.1 Å². The molecule has 0 aliphatic carbocycles. The molecule has 0 fully saturated rings. The maximum absolute atomic E-state index is 12.3. The van der Waals surface area contributed by atoms with Crippen LogP contribution in [0, 0.1) is 10.1 Å². The van der Waals surface area contributed by atoms with Gasteiger partial charge < -0.3 is 16.4 Å². The van der Waals surface area contributed by atoms with E-state index in [4.69, 9.17) is 5.73 Å². The molecule has 9 heteroatoms. The van der Waals surface area contributed by atoms with Crippen LogP contribution in [0.5, 0.6) is 0 Å². The Bertz CT molecular complexity index is 1050. The quantitative estimate of drug-likeness (QED) is 0.379. The van der Waals surface area contributed by atoms with Gasteiger partial charge in [-0.2, -0.15) is 0 Å². The van der Waals surface area contributed by atoms with Crippen LogP contribution in [0.4, 0.5) is 11.4 Å². The van der Waals surface area contributed by atoms with Gasteiger partial charge in [-0.1, -0.05) is 24.3 Å². The standard InChI is InChI=1S/C22H21N5O4/c23-20(13-21(28)25-14-15-1-7-19(8-2-15)27(30)31)16-3-5-17(6-4-16)22(29)26-18-9-11-24-12-10-18/h1-12,20H,13-14,23H2,(H,25,28)(H,24,26,29). The third-order valence-electron chi connectivity index (χ3n) is 4.58. The Kier molecular flexibility index (Phi) is 7.02. The molecule has 9 nitrogen and oxygen atoms in total. The maximum Gasteiger partial charge on any atom is 0.269 e. The van der Waals surface area contributed by atoms with Crippen molar-refractivity contribution in [1.29, 1.82) is 0 Å². The summed E-state index contributed by atoms with van der Waals surface area (Å²) in [7, 11) is 0. The van der Waals surface area contributed by atoms with E-state index in [9.17, 15) is 19.7 Å². The molecule has 0 aliphatic heterocycles. The van der Waals surface area contributed by atoms with Gasteiger partial charge in [0.1, 0.15) is 0 Å². The molecule has 31 heavy (non-hydrogen) atoms. The Labute approximate surface area is 178 Å². The number of hydrogen-bond donors (Lipinski definition) is 3. The van der Waals surface area contributed by atoms with Crippen molar-refractivity contribution >= 4 is 23.2 Å². The summed E-state index contributed by atoms with van der Waals surface area (Å²) < 4.78 is 0. The molecule has 1 unspecified atom stereocenters. The van der Waals surface area contributed by atoms with Gasteiger partial charge in [0.05, 0.1) is 4.92 Å². The topological polar surface area (TPSA) is 140 Å². The third-order valence-corrected chi connectivity index (χ3v) is 4.58. The normalized spacial score (nSPS) is 11.4. The molecule has 158 valence electrons.